The van der Waals surface area contributed by atoms with Crippen LogP contribution in [-0.2, 0) is 19.5 Å². The summed E-state index contributed by atoms with van der Waals surface area (Å²) in [5.74, 6) is -0.944. The minimum absolute atomic E-state index is 0.0468. The number of anilines is 1. The summed E-state index contributed by atoms with van der Waals surface area (Å²) in [6.07, 6.45) is 0.483. The molecule has 10 heteroatoms. The molecule has 1 aromatic heterocycles. The van der Waals surface area contributed by atoms with Gasteiger partial charge in [0, 0.05) is 56.4 Å². The van der Waals surface area contributed by atoms with Crippen LogP contribution in [0.5, 0.6) is 0 Å². The first-order valence-corrected chi connectivity index (χ1v) is 10.0. The van der Waals surface area contributed by atoms with Gasteiger partial charge in [0.05, 0.1) is 17.8 Å². The van der Waals surface area contributed by atoms with Crippen molar-refractivity contribution in [3.63, 3.8) is 0 Å². The Bertz CT molecular complexity index is 1090. The molecule has 3 heterocycles. The fourth-order valence-corrected chi connectivity index (χ4v) is 4.19. The average Bonchev–Trinajstić information content (AvgIpc) is 3.03. The van der Waals surface area contributed by atoms with Gasteiger partial charge < -0.3 is 20.2 Å². The summed E-state index contributed by atoms with van der Waals surface area (Å²) in [5.41, 5.74) is 2.10. The number of fused-ring (bicyclic) bond motifs is 3. The standard InChI is InChI=1S/C21H23FN6O3/c1-12-5-18-16(19-20(30)26(2)8-13(11-29)9-28(19)25-18)10-27(12)21(31)24-15-3-4-17(22)14(6-15)7-23/h3-4,6,12-13,29H,5,8-11H2,1-2H3,(H,24,31). The third-order valence-corrected chi connectivity index (χ3v) is 5.85. The number of carbonyl (C=O) groups is 2. The Morgan fingerprint density at radius 1 is 1.42 bits per heavy atom. The van der Waals surface area contributed by atoms with Gasteiger partial charge in [-0.25, -0.2) is 9.18 Å². The van der Waals surface area contributed by atoms with Crippen molar-refractivity contribution in [3.05, 3.63) is 46.5 Å². The van der Waals surface area contributed by atoms with Gasteiger partial charge in [0.15, 0.2) is 0 Å². The number of amides is 3. The number of aliphatic hydroxyl groups excluding tert-OH is 1. The van der Waals surface area contributed by atoms with Crippen molar-refractivity contribution in [1.82, 2.24) is 19.6 Å². The fraction of sp³-hybridized carbons (Fsp3) is 0.429. The highest BCUT2D eigenvalue weighted by Gasteiger charge is 2.37. The second kappa shape index (κ2) is 8.00. The highest BCUT2D eigenvalue weighted by molar-refractivity contribution is 5.95. The molecule has 31 heavy (non-hydrogen) atoms. The molecular weight excluding hydrogens is 403 g/mol. The minimum Gasteiger partial charge on any atom is -0.396 e. The molecule has 2 unspecified atom stereocenters. The number of hydrogen-bond donors (Lipinski definition) is 2. The number of carbonyl (C=O) groups excluding carboxylic acids is 2. The fourth-order valence-electron chi connectivity index (χ4n) is 4.19. The lowest BCUT2D eigenvalue weighted by Gasteiger charge is -2.33. The van der Waals surface area contributed by atoms with E-state index in [1.54, 1.807) is 27.6 Å². The Kier molecular flexibility index (Phi) is 5.37. The van der Waals surface area contributed by atoms with E-state index in [-0.39, 0.29) is 36.6 Å². The molecule has 2 aromatic rings. The summed E-state index contributed by atoms with van der Waals surface area (Å²) in [4.78, 5) is 29.1. The highest BCUT2D eigenvalue weighted by atomic mass is 19.1. The van der Waals surface area contributed by atoms with E-state index in [9.17, 15) is 19.1 Å². The van der Waals surface area contributed by atoms with Gasteiger partial charge in [-0.05, 0) is 25.1 Å². The first kappa shape index (κ1) is 20.8. The van der Waals surface area contributed by atoms with E-state index in [0.717, 1.165) is 11.8 Å². The maximum absolute atomic E-state index is 13.6. The Hall–Kier alpha value is -3.45. The summed E-state index contributed by atoms with van der Waals surface area (Å²) in [6.45, 7) is 2.91. The number of hydrogen-bond acceptors (Lipinski definition) is 5. The molecule has 0 aliphatic carbocycles. The third kappa shape index (κ3) is 3.72. The van der Waals surface area contributed by atoms with E-state index in [2.05, 4.69) is 10.4 Å². The Morgan fingerprint density at radius 2 is 2.19 bits per heavy atom. The maximum Gasteiger partial charge on any atom is 0.322 e. The number of benzene rings is 1. The largest absolute Gasteiger partial charge is 0.396 e. The number of urea groups is 1. The van der Waals surface area contributed by atoms with Crippen LogP contribution in [0.1, 0.15) is 34.2 Å². The van der Waals surface area contributed by atoms with E-state index >= 15 is 0 Å². The molecule has 4 rings (SSSR count). The molecule has 2 aliphatic rings. The number of halogens is 1. The van der Waals surface area contributed by atoms with Crippen LogP contribution in [-0.4, -0.2) is 62.9 Å². The van der Waals surface area contributed by atoms with Crippen molar-refractivity contribution in [2.75, 3.05) is 25.5 Å². The molecule has 0 radical (unpaired) electrons. The average molecular weight is 426 g/mol. The quantitative estimate of drug-likeness (QED) is 0.757. The SMILES string of the molecule is CC1Cc2nn3c(c2CN1C(=O)Nc1ccc(F)c(C#N)c1)C(=O)N(C)CC(CO)C3. The third-order valence-electron chi connectivity index (χ3n) is 5.85. The van der Waals surface area contributed by atoms with Gasteiger partial charge in [0.25, 0.3) is 5.91 Å². The highest BCUT2D eigenvalue weighted by Crippen LogP contribution is 2.29. The summed E-state index contributed by atoms with van der Waals surface area (Å²) in [6, 6.07) is 4.99. The molecule has 162 valence electrons. The van der Waals surface area contributed by atoms with Crippen LogP contribution < -0.4 is 5.32 Å². The van der Waals surface area contributed by atoms with Crippen molar-refractivity contribution < 1.29 is 19.1 Å². The molecule has 2 atom stereocenters. The number of nitriles is 1. The number of nitrogens with one attached hydrogen (secondary N) is 1. The van der Waals surface area contributed by atoms with Gasteiger partial charge >= 0.3 is 6.03 Å². The predicted molar refractivity (Wildman–Crippen MR) is 109 cm³/mol. The van der Waals surface area contributed by atoms with Gasteiger partial charge in [-0.1, -0.05) is 0 Å². The number of rotatable bonds is 2. The topological polar surface area (TPSA) is 114 Å². The van der Waals surface area contributed by atoms with Crippen LogP contribution in [0.2, 0.25) is 0 Å². The van der Waals surface area contributed by atoms with Crippen molar-refractivity contribution in [2.45, 2.75) is 32.5 Å². The molecule has 0 spiro atoms. The lowest BCUT2D eigenvalue weighted by Crippen LogP contribution is -2.45. The van der Waals surface area contributed by atoms with E-state index in [1.807, 2.05) is 6.92 Å². The number of aliphatic hydroxyl groups is 1. The zero-order valence-electron chi connectivity index (χ0n) is 17.3. The van der Waals surface area contributed by atoms with E-state index < -0.39 is 11.8 Å². The zero-order chi connectivity index (χ0) is 22.3. The Balaban J connectivity index is 1.61. The molecule has 0 saturated heterocycles. The van der Waals surface area contributed by atoms with Gasteiger partial charge in [-0.15, -0.1) is 0 Å². The minimum atomic E-state index is -0.650. The lowest BCUT2D eigenvalue weighted by atomic mass is 9.99. The number of nitrogens with zero attached hydrogens (tertiary/aromatic N) is 5. The molecule has 3 amide bonds. The van der Waals surface area contributed by atoms with Crippen molar-refractivity contribution in [2.24, 2.45) is 5.92 Å². The summed E-state index contributed by atoms with van der Waals surface area (Å²) < 4.78 is 15.2. The molecule has 1 aromatic carbocycles. The zero-order valence-corrected chi connectivity index (χ0v) is 17.3. The Labute approximate surface area is 178 Å². The van der Waals surface area contributed by atoms with Crippen LogP contribution in [0.3, 0.4) is 0 Å². The van der Waals surface area contributed by atoms with Crippen molar-refractivity contribution in [1.29, 1.82) is 5.26 Å². The van der Waals surface area contributed by atoms with Gasteiger partial charge in [0.1, 0.15) is 17.6 Å². The summed E-state index contributed by atoms with van der Waals surface area (Å²) >= 11 is 0. The molecule has 2 N–H and O–H groups in total. The molecule has 9 nitrogen and oxygen atoms in total. The lowest BCUT2D eigenvalue weighted by molar-refractivity contribution is 0.0761. The van der Waals surface area contributed by atoms with Crippen LogP contribution in [0.15, 0.2) is 18.2 Å². The second-order valence-corrected chi connectivity index (χ2v) is 8.11. The smallest absolute Gasteiger partial charge is 0.322 e. The summed E-state index contributed by atoms with van der Waals surface area (Å²) in [5, 5.41) is 25.9. The van der Waals surface area contributed by atoms with E-state index in [1.165, 1.54) is 12.1 Å². The molecule has 2 aliphatic heterocycles. The van der Waals surface area contributed by atoms with Crippen molar-refractivity contribution in [3.8, 4) is 6.07 Å². The number of aromatic nitrogens is 2. The predicted octanol–water partition coefficient (Wildman–Crippen LogP) is 1.57. The van der Waals surface area contributed by atoms with Crippen molar-refractivity contribution >= 4 is 17.6 Å². The van der Waals surface area contributed by atoms with E-state index in [0.29, 0.717) is 36.5 Å². The maximum atomic E-state index is 13.6. The summed E-state index contributed by atoms with van der Waals surface area (Å²) in [7, 11) is 1.69. The van der Waals surface area contributed by atoms with Crippen LogP contribution in [0.25, 0.3) is 0 Å². The van der Waals surface area contributed by atoms with Gasteiger partial charge in [-0.3, -0.25) is 9.48 Å². The normalized spacial score (nSPS) is 20.5. The Morgan fingerprint density at radius 3 is 2.90 bits per heavy atom. The van der Waals surface area contributed by atoms with Gasteiger partial charge in [-0.2, -0.15) is 10.4 Å². The molecule has 0 fully saturated rings. The van der Waals surface area contributed by atoms with E-state index in [4.69, 9.17) is 5.26 Å². The second-order valence-electron chi connectivity index (χ2n) is 8.11. The van der Waals surface area contributed by atoms with Gasteiger partial charge in [0.2, 0.25) is 0 Å². The van der Waals surface area contributed by atoms with Crippen LogP contribution in [0.4, 0.5) is 14.9 Å². The first-order valence-electron chi connectivity index (χ1n) is 10.0. The first-order chi connectivity index (χ1) is 14.8. The monoisotopic (exact) mass is 426 g/mol. The molecule has 0 bridgehead atoms. The molecule has 0 saturated carbocycles. The van der Waals surface area contributed by atoms with Crippen LogP contribution in [0, 0.1) is 23.1 Å². The molecular formula is C21H23FN6O3. The van der Waals surface area contributed by atoms with Crippen LogP contribution >= 0.6 is 0 Å².